The molecule has 0 bridgehead atoms. The first-order valence-electron chi connectivity index (χ1n) is 5.87. The number of halogens is 1. The van der Waals surface area contributed by atoms with E-state index in [1.165, 1.54) is 24.3 Å². The fourth-order valence-electron chi connectivity index (χ4n) is 2.09. The van der Waals surface area contributed by atoms with E-state index in [1.807, 2.05) is 0 Å². The number of fused-ring (bicyclic) bond motifs is 1. The van der Waals surface area contributed by atoms with E-state index in [0.29, 0.717) is 0 Å². The average molecular weight is 271 g/mol. The lowest BCUT2D eigenvalue weighted by atomic mass is 10.1. The molecule has 3 aromatic rings. The summed E-state index contributed by atoms with van der Waals surface area (Å²) in [6.45, 7) is 0. The second-order valence-corrected chi connectivity index (χ2v) is 4.33. The van der Waals surface area contributed by atoms with Crippen molar-refractivity contribution in [2.75, 3.05) is 0 Å². The van der Waals surface area contributed by atoms with Gasteiger partial charge in [-0.2, -0.15) is 0 Å². The minimum Gasteiger partial charge on any atom is -0.507 e. The third-order valence-corrected chi connectivity index (χ3v) is 3.05. The molecule has 0 spiro atoms. The number of pyridine rings is 1. The van der Waals surface area contributed by atoms with Crippen molar-refractivity contribution in [3.05, 3.63) is 48.3 Å². The Bertz CT molecular complexity index is 818. The van der Waals surface area contributed by atoms with Gasteiger partial charge in [-0.15, -0.1) is 0 Å². The monoisotopic (exact) mass is 271 g/mol. The molecule has 0 saturated heterocycles. The molecule has 0 radical (unpaired) electrons. The Morgan fingerprint density at radius 3 is 2.40 bits per heavy atom. The van der Waals surface area contributed by atoms with Crippen molar-refractivity contribution in [3.8, 4) is 28.5 Å². The van der Waals surface area contributed by atoms with E-state index < -0.39 is 11.6 Å². The predicted octanol–water partition coefficient (Wildman–Crippen LogP) is 3.16. The Balaban J connectivity index is 2.31. The lowest BCUT2D eigenvalue weighted by Crippen LogP contribution is -1.89. The molecular weight excluding hydrogens is 261 g/mol. The first-order chi connectivity index (χ1) is 9.58. The molecule has 0 saturated carbocycles. The molecule has 0 aliphatic heterocycles. The van der Waals surface area contributed by atoms with Crippen molar-refractivity contribution in [1.82, 2.24) is 4.98 Å². The van der Waals surface area contributed by atoms with Crippen LogP contribution in [0.2, 0.25) is 0 Å². The summed E-state index contributed by atoms with van der Waals surface area (Å²) in [5, 5.41) is 29.2. The third-order valence-electron chi connectivity index (χ3n) is 3.05. The lowest BCUT2D eigenvalue weighted by Gasteiger charge is -2.08. The van der Waals surface area contributed by atoms with Crippen LogP contribution in [0.5, 0.6) is 17.2 Å². The van der Waals surface area contributed by atoms with Crippen molar-refractivity contribution < 1.29 is 19.7 Å². The second-order valence-electron chi connectivity index (χ2n) is 4.33. The molecule has 0 amide bonds. The third kappa shape index (κ3) is 1.80. The largest absolute Gasteiger partial charge is 0.507 e. The highest BCUT2D eigenvalue weighted by Gasteiger charge is 2.14. The molecule has 20 heavy (non-hydrogen) atoms. The molecule has 1 heterocycles. The molecule has 0 aliphatic carbocycles. The molecule has 0 atom stereocenters. The van der Waals surface area contributed by atoms with Gasteiger partial charge in [0.2, 0.25) is 0 Å². The first-order valence-corrected chi connectivity index (χ1v) is 5.87. The maximum Gasteiger partial charge on any atom is 0.170 e. The zero-order valence-corrected chi connectivity index (χ0v) is 10.2. The maximum atomic E-state index is 13.7. The van der Waals surface area contributed by atoms with E-state index >= 15 is 0 Å². The van der Waals surface area contributed by atoms with Gasteiger partial charge >= 0.3 is 0 Å². The second kappa shape index (κ2) is 4.38. The topological polar surface area (TPSA) is 73.6 Å². The van der Waals surface area contributed by atoms with Crippen LogP contribution in [-0.4, -0.2) is 20.3 Å². The van der Waals surface area contributed by atoms with Crippen LogP contribution >= 0.6 is 0 Å². The highest BCUT2D eigenvalue weighted by Crippen LogP contribution is 2.39. The quantitative estimate of drug-likeness (QED) is 0.594. The number of aromatic hydroxyl groups is 3. The average Bonchev–Trinajstić information content (AvgIpc) is 2.43. The van der Waals surface area contributed by atoms with Crippen molar-refractivity contribution >= 4 is 10.9 Å². The van der Waals surface area contributed by atoms with Gasteiger partial charge in [0.15, 0.2) is 11.5 Å². The number of phenolic OH excluding ortho intramolecular Hbond substituents is 2. The Morgan fingerprint density at radius 1 is 0.900 bits per heavy atom. The van der Waals surface area contributed by atoms with E-state index in [0.717, 1.165) is 0 Å². The summed E-state index contributed by atoms with van der Waals surface area (Å²) in [4.78, 5) is 4.20. The summed E-state index contributed by atoms with van der Waals surface area (Å²) in [6.07, 6.45) is 0. The van der Waals surface area contributed by atoms with Crippen molar-refractivity contribution in [2.45, 2.75) is 0 Å². The van der Waals surface area contributed by atoms with Gasteiger partial charge in [-0.25, -0.2) is 9.37 Å². The van der Waals surface area contributed by atoms with Crippen molar-refractivity contribution in [1.29, 1.82) is 0 Å². The first kappa shape index (κ1) is 12.2. The number of aromatic nitrogens is 1. The number of phenols is 2. The number of hydrogen-bond acceptors (Lipinski definition) is 4. The van der Waals surface area contributed by atoms with Crippen LogP contribution < -0.4 is 0 Å². The molecule has 3 rings (SSSR count). The molecule has 100 valence electrons. The van der Waals surface area contributed by atoms with Gasteiger partial charge in [0, 0.05) is 11.6 Å². The molecule has 4 nitrogen and oxygen atoms in total. The molecule has 0 fully saturated rings. The minimum atomic E-state index is -0.457. The van der Waals surface area contributed by atoms with E-state index in [9.17, 15) is 19.7 Å². The zero-order valence-electron chi connectivity index (χ0n) is 10.2. The molecule has 0 aliphatic rings. The van der Waals surface area contributed by atoms with Crippen LogP contribution in [0.25, 0.3) is 22.2 Å². The van der Waals surface area contributed by atoms with Crippen LogP contribution in [0.3, 0.4) is 0 Å². The summed E-state index contributed by atoms with van der Waals surface area (Å²) >= 11 is 0. The van der Waals surface area contributed by atoms with Gasteiger partial charge < -0.3 is 15.3 Å². The molecule has 3 N–H and O–H groups in total. The van der Waals surface area contributed by atoms with Crippen LogP contribution in [0.1, 0.15) is 0 Å². The van der Waals surface area contributed by atoms with Crippen LogP contribution in [0.4, 0.5) is 4.39 Å². The predicted molar refractivity (Wildman–Crippen MR) is 72.1 cm³/mol. The van der Waals surface area contributed by atoms with Gasteiger partial charge in [0.25, 0.3) is 0 Å². The summed E-state index contributed by atoms with van der Waals surface area (Å²) in [5.74, 6) is -1.54. The van der Waals surface area contributed by atoms with Crippen molar-refractivity contribution in [3.63, 3.8) is 0 Å². The van der Waals surface area contributed by atoms with Crippen LogP contribution in [-0.2, 0) is 0 Å². The fraction of sp³-hybridized carbons (Fsp3) is 0. The summed E-state index contributed by atoms with van der Waals surface area (Å²) < 4.78 is 13.7. The summed E-state index contributed by atoms with van der Waals surface area (Å²) in [6, 6.07) is 10.0. The number of hydrogen-bond donors (Lipinski definition) is 3. The van der Waals surface area contributed by atoms with Crippen LogP contribution in [0, 0.1) is 5.82 Å². The molecule has 2 aromatic carbocycles. The standard InChI is InChI=1S/C15H10FNO3/c16-9-4-2-1-3-8(9)11-7-13(19)14-10(17-11)5-6-12(18)15(14)20/h1-7,18,20H,(H,17,19). The van der Waals surface area contributed by atoms with Gasteiger partial charge in [0.05, 0.1) is 16.6 Å². The highest BCUT2D eigenvalue weighted by molar-refractivity contribution is 5.94. The minimum absolute atomic E-state index is 0.0325. The van der Waals surface area contributed by atoms with E-state index in [2.05, 4.69) is 4.98 Å². The van der Waals surface area contributed by atoms with Gasteiger partial charge in [-0.3, -0.25) is 0 Å². The van der Waals surface area contributed by atoms with Gasteiger partial charge in [-0.05, 0) is 24.3 Å². The molecule has 0 unspecified atom stereocenters. The Kier molecular flexibility index (Phi) is 2.68. The SMILES string of the molecule is Oc1ccc2nc(-c3ccccc3F)cc(O)c2c1O. The molecular formula is C15H10FNO3. The maximum absolute atomic E-state index is 13.7. The molecule has 5 heteroatoms. The van der Waals surface area contributed by atoms with E-state index in [4.69, 9.17) is 0 Å². The normalized spacial score (nSPS) is 10.8. The van der Waals surface area contributed by atoms with Gasteiger partial charge in [-0.1, -0.05) is 12.1 Å². The Labute approximate surface area is 113 Å². The van der Waals surface area contributed by atoms with E-state index in [1.54, 1.807) is 18.2 Å². The Hall–Kier alpha value is -2.82. The van der Waals surface area contributed by atoms with Crippen LogP contribution in [0.15, 0.2) is 42.5 Å². The van der Waals surface area contributed by atoms with E-state index in [-0.39, 0.29) is 33.7 Å². The highest BCUT2D eigenvalue weighted by atomic mass is 19.1. The Morgan fingerprint density at radius 2 is 1.65 bits per heavy atom. The number of benzene rings is 2. The number of rotatable bonds is 1. The smallest absolute Gasteiger partial charge is 0.170 e. The summed E-state index contributed by atoms with van der Waals surface area (Å²) in [7, 11) is 0. The zero-order chi connectivity index (χ0) is 14.3. The summed E-state index contributed by atoms with van der Waals surface area (Å²) in [5.41, 5.74) is 0.758. The van der Waals surface area contributed by atoms with Crippen molar-refractivity contribution in [2.24, 2.45) is 0 Å². The fourth-order valence-corrected chi connectivity index (χ4v) is 2.09. The number of nitrogens with zero attached hydrogens (tertiary/aromatic N) is 1. The lowest BCUT2D eigenvalue weighted by molar-refractivity contribution is 0.405. The van der Waals surface area contributed by atoms with Gasteiger partial charge in [0.1, 0.15) is 11.6 Å². The molecule has 1 aromatic heterocycles.